The fourth-order valence-electron chi connectivity index (χ4n) is 3.91. The highest BCUT2D eigenvalue weighted by Gasteiger charge is 2.24. The normalized spacial score (nSPS) is 14.1. The van der Waals surface area contributed by atoms with Gasteiger partial charge in [0.2, 0.25) is 0 Å². The molecular weight excluding hydrogens is 390 g/mol. The number of aryl methyl sites for hydroxylation is 3. The fourth-order valence-corrected chi connectivity index (χ4v) is 3.91. The molecule has 0 bridgehead atoms. The average Bonchev–Trinajstić information content (AvgIpc) is 3.11. The van der Waals surface area contributed by atoms with Gasteiger partial charge in [-0.3, -0.25) is 4.79 Å². The zero-order chi connectivity index (χ0) is 22.1. The third kappa shape index (κ3) is 4.38. The summed E-state index contributed by atoms with van der Waals surface area (Å²) in [6.07, 6.45) is 0. The standard InChI is InChI=1S/C23H29N7O/c1-16-13-17(2)30(26-16)22-15-21(24-18(3)25-22)28-9-11-29(12-10-28)23(31)19-7-6-8-20(14-19)27(4)5/h6-8,13-15H,9-12H2,1-5H3. The van der Waals surface area contributed by atoms with E-state index in [1.807, 2.05) is 85.7 Å². The van der Waals surface area contributed by atoms with Crippen LogP contribution in [0.2, 0.25) is 0 Å². The van der Waals surface area contributed by atoms with Gasteiger partial charge in [-0.25, -0.2) is 14.6 Å². The van der Waals surface area contributed by atoms with E-state index < -0.39 is 0 Å². The van der Waals surface area contributed by atoms with Crippen LogP contribution >= 0.6 is 0 Å². The van der Waals surface area contributed by atoms with Crippen molar-refractivity contribution in [3.63, 3.8) is 0 Å². The van der Waals surface area contributed by atoms with Crippen LogP contribution in [0.1, 0.15) is 27.6 Å². The van der Waals surface area contributed by atoms with Crippen LogP contribution in [-0.4, -0.2) is 70.8 Å². The first-order chi connectivity index (χ1) is 14.8. The summed E-state index contributed by atoms with van der Waals surface area (Å²) in [5.41, 5.74) is 3.75. The van der Waals surface area contributed by atoms with E-state index in [0.29, 0.717) is 18.9 Å². The molecule has 2 aromatic heterocycles. The maximum Gasteiger partial charge on any atom is 0.254 e. The van der Waals surface area contributed by atoms with Gasteiger partial charge in [0.05, 0.1) is 5.69 Å². The molecule has 1 fully saturated rings. The number of nitrogens with zero attached hydrogens (tertiary/aromatic N) is 7. The van der Waals surface area contributed by atoms with Crippen molar-refractivity contribution in [1.82, 2.24) is 24.6 Å². The van der Waals surface area contributed by atoms with Crippen molar-refractivity contribution >= 4 is 17.4 Å². The molecule has 0 radical (unpaired) electrons. The predicted molar refractivity (Wildman–Crippen MR) is 122 cm³/mol. The highest BCUT2D eigenvalue weighted by Crippen LogP contribution is 2.20. The van der Waals surface area contributed by atoms with Crippen LogP contribution < -0.4 is 9.80 Å². The molecule has 162 valence electrons. The Hall–Kier alpha value is -3.42. The van der Waals surface area contributed by atoms with Crippen LogP contribution in [0.25, 0.3) is 5.82 Å². The average molecular weight is 420 g/mol. The number of piperazine rings is 1. The van der Waals surface area contributed by atoms with Gasteiger partial charge in [0.25, 0.3) is 5.91 Å². The van der Waals surface area contributed by atoms with Crippen LogP contribution in [0.15, 0.2) is 36.4 Å². The number of carbonyl (C=O) groups is 1. The van der Waals surface area contributed by atoms with Crippen LogP contribution in [0.5, 0.6) is 0 Å². The van der Waals surface area contributed by atoms with Crippen LogP contribution in [0.4, 0.5) is 11.5 Å². The maximum atomic E-state index is 13.0. The van der Waals surface area contributed by atoms with Gasteiger partial charge < -0.3 is 14.7 Å². The molecule has 1 aromatic carbocycles. The summed E-state index contributed by atoms with van der Waals surface area (Å²) in [5, 5.41) is 4.55. The summed E-state index contributed by atoms with van der Waals surface area (Å²) in [4.78, 5) is 28.4. The van der Waals surface area contributed by atoms with Crippen molar-refractivity contribution < 1.29 is 4.79 Å². The summed E-state index contributed by atoms with van der Waals surface area (Å²) < 4.78 is 1.85. The molecule has 0 saturated carbocycles. The Balaban J connectivity index is 1.48. The van der Waals surface area contributed by atoms with E-state index in [1.54, 1.807) is 0 Å². The van der Waals surface area contributed by atoms with E-state index in [0.717, 1.165) is 47.4 Å². The third-order valence-corrected chi connectivity index (χ3v) is 5.54. The zero-order valence-electron chi connectivity index (χ0n) is 18.8. The third-order valence-electron chi connectivity index (χ3n) is 5.54. The van der Waals surface area contributed by atoms with Gasteiger partial charge in [-0.15, -0.1) is 0 Å². The first-order valence-electron chi connectivity index (χ1n) is 10.5. The molecule has 1 aliphatic rings. The number of benzene rings is 1. The molecule has 0 atom stereocenters. The molecule has 4 rings (SSSR count). The second-order valence-corrected chi connectivity index (χ2v) is 8.19. The minimum atomic E-state index is 0.0746. The van der Waals surface area contributed by atoms with Gasteiger partial charge in [-0.05, 0) is 45.0 Å². The summed E-state index contributed by atoms with van der Waals surface area (Å²) in [6.45, 7) is 8.66. The predicted octanol–water partition coefficient (Wildman–Crippen LogP) is 2.62. The molecule has 31 heavy (non-hydrogen) atoms. The van der Waals surface area contributed by atoms with Crippen LogP contribution in [-0.2, 0) is 0 Å². The minimum Gasteiger partial charge on any atom is -0.378 e. The summed E-state index contributed by atoms with van der Waals surface area (Å²) in [7, 11) is 3.96. The second kappa shape index (κ2) is 8.37. The Bertz CT molecular complexity index is 1100. The fraction of sp³-hybridized carbons (Fsp3) is 0.391. The molecule has 8 nitrogen and oxygen atoms in total. The smallest absolute Gasteiger partial charge is 0.254 e. The Morgan fingerprint density at radius 3 is 2.29 bits per heavy atom. The quantitative estimate of drug-likeness (QED) is 0.648. The molecule has 0 aliphatic carbocycles. The van der Waals surface area contributed by atoms with Gasteiger partial charge in [-0.2, -0.15) is 5.10 Å². The Kier molecular flexibility index (Phi) is 5.63. The van der Waals surface area contributed by atoms with Gasteiger partial charge in [0, 0.05) is 63.3 Å². The lowest BCUT2D eigenvalue weighted by Crippen LogP contribution is -2.49. The molecule has 1 saturated heterocycles. The number of hydrogen-bond acceptors (Lipinski definition) is 6. The molecule has 0 N–H and O–H groups in total. The maximum absolute atomic E-state index is 13.0. The van der Waals surface area contributed by atoms with E-state index in [9.17, 15) is 4.79 Å². The Labute approximate surface area is 183 Å². The second-order valence-electron chi connectivity index (χ2n) is 8.19. The van der Waals surface area contributed by atoms with E-state index in [4.69, 9.17) is 0 Å². The van der Waals surface area contributed by atoms with E-state index >= 15 is 0 Å². The molecule has 0 spiro atoms. The van der Waals surface area contributed by atoms with Gasteiger partial charge >= 0.3 is 0 Å². The Morgan fingerprint density at radius 1 is 0.935 bits per heavy atom. The van der Waals surface area contributed by atoms with Crippen molar-refractivity contribution in [1.29, 1.82) is 0 Å². The molecule has 1 amide bonds. The van der Waals surface area contributed by atoms with Crippen molar-refractivity contribution in [2.75, 3.05) is 50.1 Å². The summed E-state index contributed by atoms with van der Waals surface area (Å²) >= 11 is 0. The number of anilines is 2. The Morgan fingerprint density at radius 2 is 1.65 bits per heavy atom. The minimum absolute atomic E-state index is 0.0746. The number of carbonyl (C=O) groups excluding carboxylic acids is 1. The van der Waals surface area contributed by atoms with E-state index in [2.05, 4.69) is 20.0 Å². The van der Waals surface area contributed by atoms with Crippen molar-refractivity contribution in [3.8, 4) is 5.82 Å². The largest absolute Gasteiger partial charge is 0.378 e. The topological polar surface area (TPSA) is 70.4 Å². The molecule has 8 heteroatoms. The van der Waals surface area contributed by atoms with Gasteiger partial charge in [-0.1, -0.05) is 6.07 Å². The molecule has 3 heterocycles. The van der Waals surface area contributed by atoms with E-state index in [-0.39, 0.29) is 5.91 Å². The van der Waals surface area contributed by atoms with Gasteiger partial charge in [0.15, 0.2) is 5.82 Å². The number of aromatic nitrogens is 4. The van der Waals surface area contributed by atoms with Crippen LogP contribution in [0.3, 0.4) is 0 Å². The lowest BCUT2D eigenvalue weighted by atomic mass is 10.1. The van der Waals surface area contributed by atoms with Gasteiger partial charge in [0.1, 0.15) is 11.6 Å². The molecule has 0 unspecified atom stereocenters. The molecular formula is C23H29N7O. The van der Waals surface area contributed by atoms with Crippen LogP contribution in [0, 0.1) is 20.8 Å². The zero-order valence-corrected chi connectivity index (χ0v) is 18.8. The van der Waals surface area contributed by atoms with Crippen molar-refractivity contribution in [2.45, 2.75) is 20.8 Å². The van der Waals surface area contributed by atoms with E-state index in [1.165, 1.54) is 0 Å². The monoisotopic (exact) mass is 419 g/mol. The first kappa shape index (κ1) is 20.8. The lowest BCUT2D eigenvalue weighted by molar-refractivity contribution is 0.0746. The highest BCUT2D eigenvalue weighted by molar-refractivity contribution is 5.95. The first-order valence-corrected chi connectivity index (χ1v) is 10.5. The summed E-state index contributed by atoms with van der Waals surface area (Å²) in [6, 6.07) is 11.8. The van der Waals surface area contributed by atoms with Crippen molar-refractivity contribution in [3.05, 3.63) is 59.2 Å². The highest BCUT2D eigenvalue weighted by atomic mass is 16.2. The lowest BCUT2D eigenvalue weighted by Gasteiger charge is -2.35. The number of hydrogen-bond donors (Lipinski definition) is 0. The van der Waals surface area contributed by atoms with Crippen molar-refractivity contribution in [2.24, 2.45) is 0 Å². The molecule has 1 aliphatic heterocycles. The SMILES string of the molecule is Cc1cc(C)n(-c2cc(N3CCN(C(=O)c4cccc(N(C)C)c4)CC3)nc(C)n2)n1. The number of amides is 1. The number of rotatable bonds is 4. The molecule has 3 aromatic rings. The summed E-state index contributed by atoms with van der Waals surface area (Å²) in [5.74, 6) is 2.42.